The molecule has 100 valence electrons. The van der Waals surface area contributed by atoms with Crippen LogP contribution in [0.4, 0.5) is 0 Å². The van der Waals surface area contributed by atoms with Crippen molar-refractivity contribution in [1.29, 1.82) is 0 Å². The molecule has 1 aliphatic carbocycles. The van der Waals surface area contributed by atoms with Crippen LogP contribution in [0.2, 0.25) is 0 Å². The number of fused-ring (bicyclic) bond motifs is 1. The lowest BCUT2D eigenvalue weighted by molar-refractivity contribution is 0.0586. The van der Waals surface area contributed by atoms with Crippen LogP contribution < -0.4 is 0 Å². The van der Waals surface area contributed by atoms with Crippen molar-refractivity contribution in [3.8, 4) is 0 Å². The molecule has 0 saturated carbocycles. The zero-order valence-electron chi connectivity index (χ0n) is 11.6. The van der Waals surface area contributed by atoms with Crippen LogP contribution >= 0.6 is 0 Å². The Balaban J connectivity index is 2.14. The van der Waals surface area contributed by atoms with Crippen LogP contribution in [0, 0.1) is 0 Å². The Labute approximate surface area is 111 Å². The second-order valence-corrected chi connectivity index (χ2v) is 5.44. The Morgan fingerprint density at radius 3 is 2.89 bits per heavy atom. The van der Waals surface area contributed by atoms with E-state index in [1.807, 2.05) is 6.07 Å². The van der Waals surface area contributed by atoms with Crippen molar-refractivity contribution in [1.82, 2.24) is 4.90 Å². The largest absolute Gasteiger partial charge is 0.387 e. The zero-order chi connectivity index (χ0) is 13.0. The molecule has 0 amide bonds. The molecule has 0 aromatic heterocycles. The van der Waals surface area contributed by atoms with Gasteiger partial charge in [-0.25, -0.2) is 0 Å². The van der Waals surface area contributed by atoms with Crippen molar-refractivity contribution >= 4 is 0 Å². The van der Waals surface area contributed by atoms with Crippen LogP contribution in [0.3, 0.4) is 0 Å². The molecule has 0 fully saturated rings. The first kappa shape index (κ1) is 13.6. The predicted octanol–water partition coefficient (Wildman–Crippen LogP) is 3.16. The number of unbranched alkanes of at least 4 members (excludes halogenated alkanes) is 1. The zero-order valence-corrected chi connectivity index (χ0v) is 11.6. The molecular formula is C16H25NO. The van der Waals surface area contributed by atoms with E-state index >= 15 is 0 Å². The molecule has 1 N–H and O–H groups in total. The normalized spacial score (nSPS) is 23.8. The fourth-order valence-electron chi connectivity index (χ4n) is 2.95. The topological polar surface area (TPSA) is 23.5 Å². The fourth-order valence-corrected chi connectivity index (χ4v) is 2.95. The molecule has 0 radical (unpaired) electrons. The highest BCUT2D eigenvalue weighted by Gasteiger charge is 2.28. The summed E-state index contributed by atoms with van der Waals surface area (Å²) in [4.78, 5) is 2.34. The molecule has 0 aliphatic heterocycles. The van der Waals surface area contributed by atoms with E-state index < -0.39 is 0 Å². The van der Waals surface area contributed by atoms with E-state index in [1.165, 1.54) is 24.8 Å². The predicted molar refractivity (Wildman–Crippen MR) is 75.7 cm³/mol. The molecule has 2 unspecified atom stereocenters. The van der Waals surface area contributed by atoms with Crippen LogP contribution in [-0.2, 0) is 6.42 Å². The summed E-state index contributed by atoms with van der Waals surface area (Å²) in [5.74, 6) is 0. The monoisotopic (exact) mass is 247 g/mol. The second-order valence-electron chi connectivity index (χ2n) is 5.44. The van der Waals surface area contributed by atoms with Gasteiger partial charge >= 0.3 is 0 Å². The number of hydrogen-bond donors (Lipinski definition) is 1. The van der Waals surface area contributed by atoms with Gasteiger partial charge in [0.1, 0.15) is 0 Å². The molecule has 1 aliphatic rings. The number of aliphatic hydroxyl groups excluding tert-OH is 1. The number of aryl methyl sites for hydroxylation is 1. The Kier molecular flexibility index (Phi) is 4.79. The van der Waals surface area contributed by atoms with Gasteiger partial charge < -0.3 is 10.0 Å². The average molecular weight is 247 g/mol. The molecule has 0 heterocycles. The molecule has 0 bridgehead atoms. The molecule has 2 heteroatoms. The summed E-state index contributed by atoms with van der Waals surface area (Å²) in [5.41, 5.74) is 2.47. The summed E-state index contributed by atoms with van der Waals surface area (Å²) in [5, 5.41) is 10.6. The highest BCUT2D eigenvalue weighted by molar-refractivity contribution is 5.31. The first-order valence-electron chi connectivity index (χ1n) is 7.20. The summed E-state index contributed by atoms with van der Waals surface area (Å²) in [6.45, 7) is 3.30. The number of rotatable bonds is 4. The van der Waals surface area contributed by atoms with Crippen LogP contribution in [-0.4, -0.2) is 29.6 Å². The number of benzene rings is 1. The maximum atomic E-state index is 10.6. The first-order valence-corrected chi connectivity index (χ1v) is 7.20. The minimum atomic E-state index is -0.328. The summed E-state index contributed by atoms with van der Waals surface area (Å²) in [6.07, 6.45) is 5.47. The molecule has 2 atom stereocenters. The van der Waals surface area contributed by atoms with Crippen molar-refractivity contribution in [3.63, 3.8) is 0 Å². The summed E-state index contributed by atoms with van der Waals surface area (Å²) >= 11 is 0. The third-order valence-corrected chi connectivity index (χ3v) is 4.11. The molecule has 2 rings (SSSR count). The van der Waals surface area contributed by atoms with E-state index in [0.717, 1.165) is 24.9 Å². The third-order valence-electron chi connectivity index (χ3n) is 4.11. The highest BCUT2D eigenvalue weighted by Crippen LogP contribution is 2.31. The maximum absolute atomic E-state index is 10.6. The standard InChI is InChI=1S/C16H25NO/c1-3-4-12-17(2)15-11-7-9-13-8-5-6-10-14(13)16(15)18/h5-6,8,10,15-16,18H,3-4,7,9,11-12H2,1-2H3. The molecule has 0 saturated heterocycles. The van der Waals surface area contributed by atoms with E-state index in [2.05, 4.69) is 37.1 Å². The Morgan fingerprint density at radius 1 is 1.33 bits per heavy atom. The number of hydrogen-bond acceptors (Lipinski definition) is 2. The number of nitrogens with zero attached hydrogens (tertiary/aromatic N) is 1. The van der Waals surface area contributed by atoms with Crippen molar-refractivity contribution < 1.29 is 5.11 Å². The van der Waals surface area contributed by atoms with Crippen LogP contribution in [0.15, 0.2) is 24.3 Å². The molecule has 1 aromatic carbocycles. The quantitative estimate of drug-likeness (QED) is 0.826. The Morgan fingerprint density at radius 2 is 2.11 bits per heavy atom. The van der Waals surface area contributed by atoms with Crippen LogP contribution in [0.25, 0.3) is 0 Å². The molecule has 0 spiro atoms. The van der Waals surface area contributed by atoms with Gasteiger partial charge in [0.05, 0.1) is 6.10 Å². The van der Waals surface area contributed by atoms with E-state index in [-0.39, 0.29) is 12.1 Å². The molecular weight excluding hydrogens is 222 g/mol. The smallest absolute Gasteiger partial charge is 0.0947 e. The fraction of sp³-hybridized carbons (Fsp3) is 0.625. The summed E-state index contributed by atoms with van der Waals surface area (Å²) in [6, 6.07) is 8.64. The maximum Gasteiger partial charge on any atom is 0.0947 e. The minimum Gasteiger partial charge on any atom is -0.387 e. The second kappa shape index (κ2) is 6.35. The number of likely N-dealkylation sites (N-methyl/N-ethyl adjacent to an activating group) is 1. The minimum absolute atomic E-state index is 0.278. The lowest BCUT2D eigenvalue weighted by atomic mass is 9.98. The average Bonchev–Trinajstić information content (AvgIpc) is 2.56. The lowest BCUT2D eigenvalue weighted by Crippen LogP contribution is -2.37. The van der Waals surface area contributed by atoms with Crippen LogP contribution in [0.5, 0.6) is 0 Å². The SMILES string of the molecule is CCCCN(C)C1CCCc2ccccc2C1O. The van der Waals surface area contributed by atoms with E-state index in [9.17, 15) is 5.11 Å². The van der Waals surface area contributed by atoms with E-state index in [4.69, 9.17) is 0 Å². The van der Waals surface area contributed by atoms with Crippen molar-refractivity contribution in [2.24, 2.45) is 0 Å². The third kappa shape index (κ3) is 2.93. The van der Waals surface area contributed by atoms with E-state index in [0.29, 0.717) is 0 Å². The number of aliphatic hydroxyl groups is 1. The lowest BCUT2D eigenvalue weighted by Gasteiger charge is -2.31. The van der Waals surface area contributed by atoms with Gasteiger partial charge in [0, 0.05) is 6.04 Å². The Hall–Kier alpha value is -0.860. The molecule has 1 aromatic rings. The van der Waals surface area contributed by atoms with Gasteiger partial charge in [0.2, 0.25) is 0 Å². The van der Waals surface area contributed by atoms with E-state index in [1.54, 1.807) is 0 Å². The van der Waals surface area contributed by atoms with Gasteiger partial charge in [-0.3, -0.25) is 0 Å². The van der Waals surface area contributed by atoms with Crippen molar-refractivity contribution in [3.05, 3.63) is 35.4 Å². The van der Waals surface area contributed by atoms with Gasteiger partial charge in [-0.05, 0) is 50.4 Å². The Bertz CT molecular complexity index is 377. The van der Waals surface area contributed by atoms with Gasteiger partial charge in [0.15, 0.2) is 0 Å². The molecule has 18 heavy (non-hydrogen) atoms. The summed E-state index contributed by atoms with van der Waals surface area (Å²) < 4.78 is 0. The van der Waals surface area contributed by atoms with Gasteiger partial charge in [0.25, 0.3) is 0 Å². The molecule has 2 nitrogen and oxygen atoms in total. The van der Waals surface area contributed by atoms with Gasteiger partial charge in [-0.2, -0.15) is 0 Å². The first-order chi connectivity index (χ1) is 8.74. The van der Waals surface area contributed by atoms with Crippen molar-refractivity contribution in [2.75, 3.05) is 13.6 Å². The van der Waals surface area contributed by atoms with Crippen molar-refractivity contribution in [2.45, 2.75) is 51.2 Å². The van der Waals surface area contributed by atoms with Gasteiger partial charge in [-0.1, -0.05) is 37.6 Å². The highest BCUT2D eigenvalue weighted by atomic mass is 16.3. The van der Waals surface area contributed by atoms with Crippen LogP contribution in [0.1, 0.15) is 49.8 Å². The van der Waals surface area contributed by atoms with Gasteiger partial charge in [-0.15, -0.1) is 0 Å². The summed E-state index contributed by atoms with van der Waals surface area (Å²) in [7, 11) is 2.15.